The van der Waals surface area contributed by atoms with Gasteiger partial charge in [-0.1, -0.05) is 0 Å². The Balaban J connectivity index is 3.66. The molecule has 0 heterocycles. The molecule has 10 nitrogen and oxygen atoms in total. The molecular formula is C12H33N5O5Si. The van der Waals surface area contributed by atoms with Gasteiger partial charge in [0.15, 0.2) is 0 Å². The molecule has 0 amide bonds. The molecule has 23 heavy (non-hydrogen) atoms. The van der Waals surface area contributed by atoms with Crippen LogP contribution in [0.3, 0.4) is 0 Å². The van der Waals surface area contributed by atoms with E-state index >= 15 is 0 Å². The number of hydrogen-bond acceptors (Lipinski definition) is 10. The van der Waals surface area contributed by atoms with Crippen molar-refractivity contribution in [3.05, 3.63) is 0 Å². The summed E-state index contributed by atoms with van der Waals surface area (Å²) >= 11 is 0. The van der Waals surface area contributed by atoms with E-state index in [1.54, 1.807) is 0 Å². The van der Waals surface area contributed by atoms with Gasteiger partial charge in [-0.2, -0.15) is 0 Å². The van der Waals surface area contributed by atoms with Gasteiger partial charge in [0.25, 0.3) is 0 Å². The van der Waals surface area contributed by atoms with Crippen molar-refractivity contribution in [2.75, 3.05) is 52.5 Å². The van der Waals surface area contributed by atoms with Crippen LogP contribution in [-0.2, 0) is 4.74 Å². The summed E-state index contributed by atoms with van der Waals surface area (Å²) in [6.45, 7) is 3.80. The van der Waals surface area contributed by atoms with Crippen LogP contribution in [0.4, 0.5) is 0 Å². The fourth-order valence-corrected chi connectivity index (χ4v) is 2.43. The molecule has 1 unspecified atom stereocenters. The molecule has 0 rings (SSSR count). The fourth-order valence-electron chi connectivity index (χ4n) is 1.82. The average Bonchev–Trinajstić information content (AvgIpc) is 2.48. The van der Waals surface area contributed by atoms with E-state index in [9.17, 15) is 5.11 Å². The second kappa shape index (κ2) is 14.2. The van der Waals surface area contributed by atoms with Crippen LogP contribution in [0.15, 0.2) is 0 Å². The van der Waals surface area contributed by atoms with Crippen LogP contribution in [0, 0.1) is 0 Å². The zero-order chi connectivity index (χ0) is 17.6. The summed E-state index contributed by atoms with van der Waals surface area (Å²) in [5, 5.41) is 19.3. The Labute approximate surface area is 138 Å². The number of aliphatic hydroxyl groups excluding tert-OH is 1. The first-order valence-electron chi connectivity index (χ1n) is 7.89. The zero-order valence-corrected chi connectivity index (χ0v) is 14.6. The maximum Gasteiger partial charge on any atom is 0.492 e. The van der Waals surface area contributed by atoms with Gasteiger partial charge in [0.2, 0.25) is 0 Å². The molecule has 0 aliphatic carbocycles. The number of hydrogen-bond donors (Lipinski definition) is 9. The summed E-state index contributed by atoms with van der Waals surface area (Å²) in [5.41, 5.74) is 10.9. The first-order chi connectivity index (χ1) is 10.9. The van der Waals surface area contributed by atoms with Gasteiger partial charge < -0.3 is 41.0 Å². The van der Waals surface area contributed by atoms with E-state index in [-0.39, 0.29) is 25.4 Å². The molecule has 0 radical (unpaired) electrons. The second-order valence-corrected chi connectivity index (χ2v) is 7.35. The van der Waals surface area contributed by atoms with Crippen LogP contribution >= 0.6 is 0 Å². The standard InChI is InChI=1S/C12H33N5O5Si/c13-2-4-16-12(17-5-3-14)9-15-8-11(18)10-22-6-1-7-23(19,20)21/h11-12,15-21H,1-10,13-14H2. The van der Waals surface area contributed by atoms with Gasteiger partial charge in [0, 0.05) is 51.9 Å². The quantitative estimate of drug-likeness (QED) is 0.0747. The molecule has 0 saturated heterocycles. The molecule has 1 atom stereocenters. The van der Waals surface area contributed by atoms with Crippen molar-refractivity contribution in [3.8, 4) is 0 Å². The SMILES string of the molecule is NCCNC(CNCC(O)COCCC[Si](O)(O)O)NCCN. The molecular weight excluding hydrogens is 322 g/mol. The van der Waals surface area contributed by atoms with E-state index in [1.807, 2.05) is 0 Å². The second-order valence-electron chi connectivity index (χ2n) is 5.30. The first-order valence-corrected chi connectivity index (χ1v) is 9.94. The molecule has 11 N–H and O–H groups in total. The number of nitrogens with one attached hydrogen (secondary N) is 3. The van der Waals surface area contributed by atoms with Crippen molar-refractivity contribution in [2.45, 2.75) is 24.7 Å². The highest BCUT2D eigenvalue weighted by molar-refractivity contribution is 6.56. The smallest absolute Gasteiger partial charge is 0.390 e. The van der Waals surface area contributed by atoms with Crippen molar-refractivity contribution in [1.29, 1.82) is 0 Å². The van der Waals surface area contributed by atoms with E-state index in [0.29, 0.717) is 45.7 Å². The average molecular weight is 356 g/mol. The molecule has 140 valence electrons. The number of nitrogens with two attached hydrogens (primary N) is 2. The lowest BCUT2D eigenvalue weighted by molar-refractivity contribution is 0.0360. The number of rotatable bonds is 16. The van der Waals surface area contributed by atoms with E-state index in [4.69, 9.17) is 30.6 Å². The van der Waals surface area contributed by atoms with Crippen molar-refractivity contribution < 1.29 is 24.2 Å². The van der Waals surface area contributed by atoms with Crippen LogP contribution in [0.1, 0.15) is 6.42 Å². The molecule has 0 aromatic heterocycles. The topological polar surface area (TPSA) is 178 Å². The zero-order valence-electron chi connectivity index (χ0n) is 13.6. The Bertz CT molecular complexity index is 265. The predicted molar refractivity (Wildman–Crippen MR) is 89.4 cm³/mol. The molecule has 0 aliphatic rings. The molecule has 0 aliphatic heterocycles. The molecule has 0 bridgehead atoms. The minimum atomic E-state index is -3.98. The molecule has 0 aromatic carbocycles. The summed E-state index contributed by atoms with van der Waals surface area (Å²) in [6.07, 6.45) is -0.310. The van der Waals surface area contributed by atoms with Crippen LogP contribution in [0.2, 0.25) is 6.04 Å². The number of aliphatic hydroxyl groups is 1. The summed E-state index contributed by atoms with van der Waals surface area (Å²) in [7, 11) is -3.98. The third kappa shape index (κ3) is 16.5. The minimum Gasteiger partial charge on any atom is -0.390 e. The van der Waals surface area contributed by atoms with Gasteiger partial charge in [-0.25, -0.2) is 0 Å². The van der Waals surface area contributed by atoms with Gasteiger partial charge in [0.1, 0.15) is 0 Å². The maximum atomic E-state index is 9.77. The lowest BCUT2D eigenvalue weighted by atomic mass is 10.3. The molecule has 0 fully saturated rings. The van der Waals surface area contributed by atoms with Crippen molar-refractivity contribution >= 4 is 8.80 Å². The van der Waals surface area contributed by atoms with Gasteiger partial charge in [0.05, 0.1) is 18.9 Å². The van der Waals surface area contributed by atoms with Crippen molar-refractivity contribution in [1.82, 2.24) is 16.0 Å². The maximum absolute atomic E-state index is 9.77. The largest absolute Gasteiger partial charge is 0.492 e. The van der Waals surface area contributed by atoms with Crippen LogP contribution in [-0.4, -0.2) is 93.1 Å². The van der Waals surface area contributed by atoms with Gasteiger partial charge >= 0.3 is 8.80 Å². The lowest BCUT2D eigenvalue weighted by Crippen LogP contribution is -2.52. The molecule has 0 spiro atoms. The normalized spacial score (nSPS) is 13.7. The van der Waals surface area contributed by atoms with Gasteiger partial charge in [-0.3, -0.25) is 10.6 Å². The van der Waals surface area contributed by atoms with Crippen LogP contribution in [0.25, 0.3) is 0 Å². The molecule has 0 aromatic rings. The highest BCUT2D eigenvalue weighted by Crippen LogP contribution is 2.01. The Kier molecular flexibility index (Phi) is 14.1. The number of ether oxygens (including phenoxy) is 1. The van der Waals surface area contributed by atoms with Crippen LogP contribution < -0.4 is 27.4 Å². The van der Waals surface area contributed by atoms with Gasteiger partial charge in [-0.05, 0) is 6.42 Å². The highest BCUT2D eigenvalue weighted by Gasteiger charge is 2.25. The fraction of sp³-hybridized carbons (Fsp3) is 1.00. The van der Waals surface area contributed by atoms with Crippen molar-refractivity contribution in [2.24, 2.45) is 11.5 Å². The minimum absolute atomic E-state index is 0.0203. The van der Waals surface area contributed by atoms with E-state index in [1.165, 1.54) is 0 Å². The Morgan fingerprint density at radius 2 is 1.61 bits per heavy atom. The third-order valence-corrected chi connectivity index (χ3v) is 3.93. The lowest BCUT2D eigenvalue weighted by Gasteiger charge is -2.21. The van der Waals surface area contributed by atoms with Gasteiger partial charge in [-0.15, -0.1) is 0 Å². The summed E-state index contributed by atoms with van der Waals surface area (Å²) in [4.78, 5) is 26.5. The first kappa shape index (κ1) is 22.8. The Hall–Kier alpha value is -0.183. The summed E-state index contributed by atoms with van der Waals surface area (Å²) < 4.78 is 5.21. The van der Waals surface area contributed by atoms with E-state index in [2.05, 4.69) is 16.0 Å². The third-order valence-electron chi connectivity index (χ3n) is 2.91. The van der Waals surface area contributed by atoms with Crippen molar-refractivity contribution in [3.63, 3.8) is 0 Å². The Morgan fingerprint density at radius 3 is 2.13 bits per heavy atom. The predicted octanol–water partition coefficient (Wildman–Crippen LogP) is -4.32. The monoisotopic (exact) mass is 355 g/mol. The summed E-state index contributed by atoms with van der Waals surface area (Å²) in [6, 6.07) is -0.0668. The van der Waals surface area contributed by atoms with E-state index < -0.39 is 14.9 Å². The Morgan fingerprint density at radius 1 is 1.00 bits per heavy atom. The molecule has 0 saturated carbocycles. The summed E-state index contributed by atoms with van der Waals surface area (Å²) in [5.74, 6) is 0. The molecule has 11 heteroatoms. The highest BCUT2D eigenvalue weighted by atomic mass is 28.4. The van der Waals surface area contributed by atoms with E-state index in [0.717, 1.165) is 0 Å². The van der Waals surface area contributed by atoms with Crippen LogP contribution in [0.5, 0.6) is 0 Å².